The van der Waals surface area contributed by atoms with Crippen LogP contribution in [-0.2, 0) is 11.6 Å². The second kappa shape index (κ2) is 4.20. The lowest BCUT2D eigenvalue weighted by Gasteiger charge is -2.26. The van der Waals surface area contributed by atoms with Gasteiger partial charge in [0.1, 0.15) is 0 Å². The molecule has 5 heteroatoms. The molecule has 0 aliphatic carbocycles. The molecule has 0 bridgehead atoms. The highest BCUT2D eigenvalue weighted by Crippen LogP contribution is 2.35. The molecule has 0 saturated heterocycles. The molecule has 0 spiro atoms. The first-order valence-electron chi connectivity index (χ1n) is 5.28. The zero-order chi connectivity index (χ0) is 13.4. The molecule has 17 heavy (non-hydrogen) atoms. The van der Waals surface area contributed by atoms with Gasteiger partial charge >= 0.3 is 6.18 Å². The molecule has 1 rings (SSSR count). The minimum Gasteiger partial charge on any atom is -0.376 e. The summed E-state index contributed by atoms with van der Waals surface area (Å²) in [5.41, 5.74) is 0.168. The minimum absolute atomic E-state index is 0.288. The van der Waals surface area contributed by atoms with E-state index in [1.54, 1.807) is 19.0 Å². The van der Waals surface area contributed by atoms with Crippen LogP contribution in [0.5, 0.6) is 0 Å². The number of alkyl halides is 3. The SMILES string of the molecule is CN(C)c1cc(C(F)(F)F)cnc1C(C)(C)C. The Balaban J connectivity index is 3.38. The molecule has 0 radical (unpaired) electrons. The van der Waals surface area contributed by atoms with Crippen molar-refractivity contribution in [2.24, 2.45) is 0 Å². The third-order valence-corrected chi connectivity index (χ3v) is 2.39. The van der Waals surface area contributed by atoms with E-state index in [1.165, 1.54) is 0 Å². The average molecular weight is 246 g/mol. The molecular weight excluding hydrogens is 229 g/mol. The Morgan fingerprint density at radius 1 is 1.12 bits per heavy atom. The summed E-state index contributed by atoms with van der Waals surface area (Å²) >= 11 is 0. The van der Waals surface area contributed by atoms with Crippen LogP contribution in [0.25, 0.3) is 0 Å². The molecule has 0 N–H and O–H groups in total. The van der Waals surface area contributed by atoms with Crippen LogP contribution in [0.4, 0.5) is 18.9 Å². The first-order chi connectivity index (χ1) is 7.53. The molecule has 0 unspecified atom stereocenters. The van der Waals surface area contributed by atoms with Crippen molar-refractivity contribution < 1.29 is 13.2 Å². The zero-order valence-electron chi connectivity index (χ0n) is 10.7. The van der Waals surface area contributed by atoms with Crippen molar-refractivity contribution in [3.63, 3.8) is 0 Å². The first kappa shape index (κ1) is 13.8. The van der Waals surface area contributed by atoms with Gasteiger partial charge in [-0.1, -0.05) is 20.8 Å². The minimum atomic E-state index is -4.35. The van der Waals surface area contributed by atoms with E-state index >= 15 is 0 Å². The van der Waals surface area contributed by atoms with Crippen LogP contribution in [0.3, 0.4) is 0 Å². The number of halogens is 3. The van der Waals surface area contributed by atoms with Crippen LogP contribution in [0.15, 0.2) is 12.3 Å². The Morgan fingerprint density at radius 2 is 1.65 bits per heavy atom. The summed E-state index contributed by atoms with van der Waals surface area (Å²) in [5, 5.41) is 0. The van der Waals surface area contributed by atoms with Gasteiger partial charge in [-0.05, 0) is 6.07 Å². The van der Waals surface area contributed by atoms with Crippen LogP contribution >= 0.6 is 0 Å². The molecule has 1 aromatic rings. The Hall–Kier alpha value is -1.26. The third-order valence-electron chi connectivity index (χ3n) is 2.39. The summed E-state index contributed by atoms with van der Waals surface area (Å²) in [5.74, 6) is 0. The summed E-state index contributed by atoms with van der Waals surface area (Å²) in [4.78, 5) is 5.63. The summed E-state index contributed by atoms with van der Waals surface area (Å²) in [6.45, 7) is 5.78. The summed E-state index contributed by atoms with van der Waals surface area (Å²) in [7, 11) is 3.43. The largest absolute Gasteiger partial charge is 0.417 e. The predicted octanol–water partition coefficient (Wildman–Crippen LogP) is 3.46. The first-order valence-corrected chi connectivity index (χ1v) is 5.28. The van der Waals surface area contributed by atoms with Gasteiger partial charge in [0.15, 0.2) is 0 Å². The van der Waals surface area contributed by atoms with E-state index in [0.717, 1.165) is 12.3 Å². The second-order valence-electron chi connectivity index (χ2n) is 5.23. The lowest BCUT2D eigenvalue weighted by atomic mass is 9.89. The fourth-order valence-electron chi connectivity index (χ4n) is 1.53. The molecule has 96 valence electrons. The topological polar surface area (TPSA) is 16.1 Å². The number of hydrogen-bond acceptors (Lipinski definition) is 2. The maximum Gasteiger partial charge on any atom is 0.417 e. The lowest BCUT2D eigenvalue weighted by Crippen LogP contribution is -2.22. The molecule has 0 fully saturated rings. The highest BCUT2D eigenvalue weighted by atomic mass is 19.4. The fourth-order valence-corrected chi connectivity index (χ4v) is 1.53. The quantitative estimate of drug-likeness (QED) is 0.754. The van der Waals surface area contributed by atoms with Gasteiger partial charge in [-0.2, -0.15) is 13.2 Å². The number of rotatable bonds is 1. The monoisotopic (exact) mass is 246 g/mol. The van der Waals surface area contributed by atoms with Crippen LogP contribution in [0.1, 0.15) is 32.0 Å². The molecule has 1 aromatic heterocycles. The highest BCUT2D eigenvalue weighted by molar-refractivity contribution is 5.54. The van der Waals surface area contributed by atoms with E-state index in [1.807, 2.05) is 20.8 Å². The van der Waals surface area contributed by atoms with Crippen LogP contribution < -0.4 is 4.90 Å². The maximum absolute atomic E-state index is 12.6. The van der Waals surface area contributed by atoms with Crippen molar-refractivity contribution >= 4 is 5.69 Å². The van der Waals surface area contributed by atoms with Crippen molar-refractivity contribution in [3.05, 3.63) is 23.5 Å². The van der Waals surface area contributed by atoms with Crippen molar-refractivity contribution in [3.8, 4) is 0 Å². The van der Waals surface area contributed by atoms with Gasteiger partial charge in [-0.25, -0.2) is 0 Å². The second-order valence-corrected chi connectivity index (χ2v) is 5.23. The van der Waals surface area contributed by atoms with Gasteiger partial charge in [-0.15, -0.1) is 0 Å². The Labute approximate surface area is 99.5 Å². The fraction of sp³-hybridized carbons (Fsp3) is 0.583. The third kappa shape index (κ3) is 3.11. The number of hydrogen-bond donors (Lipinski definition) is 0. The van der Waals surface area contributed by atoms with Crippen molar-refractivity contribution in [2.45, 2.75) is 32.4 Å². The van der Waals surface area contributed by atoms with Crippen molar-refractivity contribution in [2.75, 3.05) is 19.0 Å². The molecule has 0 saturated carbocycles. The Bertz CT molecular complexity index is 403. The van der Waals surface area contributed by atoms with E-state index in [-0.39, 0.29) is 5.41 Å². The van der Waals surface area contributed by atoms with Gasteiger partial charge in [0, 0.05) is 25.7 Å². The Morgan fingerprint density at radius 3 is 2.00 bits per heavy atom. The van der Waals surface area contributed by atoms with Gasteiger partial charge in [0.05, 0.1) is 16.9 Å². The predicted molar refractivity (Wildman–Crippen MR) is 62.3 cm³/mol. The van der Waals surface area contributed by atoms with E-state index < -0.39 is 11.7 Å². The highest BCUT2D eigenvalue weighted by Gasteiger charge is 2.33. The van der Waals surface area contributed by atoms with Crippen molar-refractivity contribution in [1.82, 2.24) is 4.98 Å². The maximum atomic E-state index is 12.6. The molecular formula is C12H17F3N2. The molecule has 1 heterocycles. The Kier molecular flexibility index (Phi) is 3.41. The average Bonchev–Trinajstić information content (AvgIpc) is 2.14. The van der Waals surface area contributed by atoms with Crippen molar-refractivity contribution in [1.29, 1.82) is 0 Å². The summed E-state index contributed by atoms with van der Waals surface area (Å²) < 4.78 is 37.8. The van der Waals surface area contributed by atoms with E-state index in [9.17, 15) is 13.2 Å². The molecule has 0 atom stereocenters. The van der Waals surface area contributed by atoms with E-state index in [4.69, 9.17) is 0 Å². The summed E-state index contributed by atoms with van der Waals surface area (Å²) in [6.07, 6.45) is -3.46. The van der Waals surface area contributed by atoms with Gasteiger partial charge < -0.3 is 4.90 Å². The lowest BCUT2D eigenvalue weighted by molar-refractivity contribution is -0.137. The molecule has 2 nitrogen and oxygen atoms in total. The normalized spacial score (nSPS) is 12.7. The number of anilines is 1. The van der Waals surface area contributed by atoms with Crippen LogP contribution in [-0.4, -0.2) is 19.1 Å². The zero-order valence-corrected chi connectivity index (χ0v) is 10.7. The number of nitrogens with zero attached hydrogens (tertiary/aromatic N) is 2. The van der Waals surface area contributed by atoms with Gasteiger partial charge in [0.25, 0.3) is 0 Å². The van der Waals surface area contributed by atoms with Crippen LogP contribution in [0.2, 0.25) is 0 Å². The van der Waals surface area contributed by atoms with Gasteiger partial charge in [-0.3, -0.25) is 4.98 Å². The molecule has 0 aliphatic heterocycles. The van der Waals surface area contributed by atoms with E-state index in [0.29, 0.717) is 11.4 Å². The van der Waals surface area contributed by atoms with Gasteiger partial charge in [0.2, 0.25) is 0 Å². The number of pyridine rings is 1. The molecule has 0 aromatic carbocycles. The molecule has 0 amide bonds. The van der Waals surface area contributed by atoms with Crippen LogP contribution in [0, 0.1) is 0 Å². The smallest absolute Gasteiger partial charge is 0.376 e. The standard InChI is InChI=1S/C12H17F3N2/c1-11(2,3)10-9(17(4)5)6-8(7-16-10)12(13,14)15/h6-7H,1-5H3. The summed E-state index contributed by atoms with van der Waals surface area (Å²) in [6, 6.07) is 1.15. The van der Waals surface area contributed by atoms with E-state index in [2.05, 4.69) is 4.98 Å². The molecule has 0 aliphatic rings. The number of aromatic nitrogens is 1.